The van der Waals surface area contributed by atoms with Gasteiger partial charge in [0.05, 0.1) is 0 Å². The average Bonchev–Trinajstić information content (AvgIpc) is 2.54. The highest BCUT2D eigenvalue weighted by atomic mass is 15.1. The minimum atomic E-state index is -0.141. The molecule has 0 spiro atoms. The van der Waals surface area contributed by atoms with Crippen molar-refractivity contribution in [3.05, 3.63) is 24.0 Å². The lowest BCUT2D eigenvalue weighted by atomic mass is 10.1. The van der Waals surface area contributed by atoms with Crippen LogP contribution in [0.5, 0.6) is 0 Å². The van der Waals surface area contributed by atoms with Crippen LogP contribution >= 0.6 is 0 Å². The Morgan fingerprint density at radius 3 is 2.83 bits per heavy atom. The van der Waals surface area contributed by atoms with Gasteiger partial charge in [0.1, 0.15) is 23.4 Å². The molecule has 0 bridgehead atoms. The molecule has 0 aromatic carbocycles. The number of nitrogens with zero attached hydrogens (tertiary/aromatic N) is 3. The standard InChI is InChI=1S/C18H24N6/c1-18(2,3)24-17-15-8-16(22-13-5-4-6-20-11-13)21-10-12(15)7-14(9-19)23-17/h7-8,10,13,20H,4-6,11H2,1-3H3,(H,21,22)(H,23,24)/t13-/m0/s1. The molecular formula is C18H24N6. The Morgan fingerprint density at radius 2 is 2.17 bits per heavy atom. The fourth-order valence-electron chi connectivity index (χ4n) is 2.92. The van der Waals surface area contributed by atoms with Crippen molar-refractivity contribution in [2.24, 2.45) is 0 Å². The second kappa shape index (κ2) is 6.62. The zero-order valence-corrected chi connectivity index (χ0v) is 14.5. The average molecular weight is 324 g/mol. The van der Waals surface area contributed by atoms with Crippen molar-refractivity contribution in [3.63, 3.8) is 0 Å². The van der Waals surface area contributed by atoms with Crippen LogP contribution in [0.4, 0.5) is 11.6 Å². The molecule has 24 heavy (non-hydrogen) atoms. The molecule has 0 saturated carbocycles. The zero-order valence-electron chi connectivity index (χ0n) is 14.5. The van der Waals surface area contributed by atoms with Crippen molar-refractivity contribution < 1.29 is 0 Å². The van der Waals surface area contributed by atoms with E-state index in [2.05, 4.69) is 52.8 Å². The molecule has 1 aliphatic rings. The Hall–Kier alpha value is -2.39. The predicted molar refractivity (Wildman–Crippen MR) is 97.1 cm³/mol. The van der Waals surface area contributed by atoms with Crippen molar-refractivity contribution in [2.75, 3.05) is 23.7 Å². The van der Waals surface area contributed by atoms with Gasteiger partial charge in [0, 0.05) is 35.1 Å². The van der Waals surface area contributed by atoms with Crippen LogP contribution in [0.3, 0.4) is 0 Å². The summed E-state index contributed by atoms with van der Waals surface area (Å²) < 4.78 is 0. The molecule has 3 heterocycles. The summed E-state index contributed by atoms with van der Waals surface area (Å²) in [6.45, 7) is 8.27. The van der Waals surface area contributed by atoms with Gasteiger partial charge >= 0.3 is 0 Å². The maximum absolute atomic E-state index is 9.21. The molecule has 3 rings (SSSR count). The molecule has 126 valence electrons. The van der Waals surface area contributed by atoms with Crippen LogP contribution < -0.4 is 16.0 Å². The first kappa shape index (κ1) is 16.5. The highest BCUT2D eigenvalue weighted by Gasteiger charge is 2.16. The van der Waals surface area contributed by atoms with Crippen LogP contribution in [0.1, 0.15) is 39.3 Å². The quantitative estimate of drug-likeness (QED) is 0.805. The van der Waals surface area contributed by atoms with Crippen molar-refractivity contribution >= 4 is 22.4 Å². The minimum absolute atomic E-state index is 0.141. The van der Waals surface area contributed by atoms with Crippen molar-refractivity contribution in [1.29, 1.82) is 5.26 Å². The summed E-state index contributed by atoms with van der Waals surface area (Å²) in [4.78, 5) is 8.96. The van der Waals surface area contributed by atoms with Crippen molar-refractivity contribution in [3.8, 4) is 6.07 Å². The predicted octanol–water partition coefficient (Wildman–Crippen LogP) is 2.88. The smallest absolute Gasteiger partial charge is 0.143 e. The Kier molecular flexibility index (Phi) is 4.54. The number of nitrogens with one attached hydrogen (secondary N) is 3. The fourth-order valence-corrected chi connectivity index (χ4v) is 2.92. The molecule has 1 atom stereocenters. The van der Waals surface area contributed by atoms with E-state index in [1.54, 1.807) is 6.07 Å². The molecule has 2 aromatic rings. The van der Waals surface area contributed by atoms with Crippen LogP contribution in [0.2, 0.25) is 0 Å². The lowest BCUT2D eigenvalue weighted by Crippen LogP contribution is -2.38. The lowest BCUT2D eigenvalue weighted by molar-refractivity contribution is 0.479. The number of pyridine rings is 2. The molecule has 0 aliphatic carbocycles. The Bertz CT molecular complexity index is 765. The summed E-state index contributed by atoms with van der Waals surface area (Å²) in [5.74, 6) is 1.57. The number of anilines is 2. The van der Waals surface area contributed by atoms with Crippen LogP contribution in [0.15, 0.2) is 18.3 Å². The van der Waals surface area contributed by atoms with E-state index < -0.39 is 0 Å². The molecule has 0 radical (unpaired) electrons. The van der Waals surface area contributed by atoms with E-state index >= 15 is 0 Å². The van der Waals surface area contributed by atoms with Gasteiger partial charge in [-0.3, -0.25) is 0 Å². The maximum atomic E-state index is 9.21. The molecule has 0 unspecified atom stereocenters. The number of fused-ring (bicyclic) bond motifs is 1. The van der Waals surface area contributed by atoms with Gasteiger partial charge in [0.15, 0.2) is 0 Å². The number of aromatic nitrogens is 2. The normalized spacial score (nSPS) is 18.2. The summed E-state index contributed by atoms with van der Waals surface area (Å²) >= 11 is 0. The Labute approximate surface area is 142 Å². The highest BCUT2D eigenvalue weighted by Crippen LogP contribution is 2.27. The van der Waals surface area contributed by atoms with Gasteiger partial charge in [0.25, 0.3) is 0 Å². The van der Waals surface area contributed by atoms with Gasteiger partial charge in [-0.1, -0.05) is 0 Å². The van der Waals surface area contributed by atoms with E-state index in [0.717, 1.165) is 41.9 Å². The van der Waals surface area contributed by atoms with Gasteiger partial charge in [0.2, 0.25) is 0 Å². The zero-order chi connectivity index (χ0) is 17.2. The molecule has 6 nitrogen and oxygen atoms in total. The molecule has 1 saturated heterocycles. The van der Waals surface area contributed by atoms with Gasteiger partial charge in [-0.05, 0) is 52.3 Å². The van der Waals surface area contributed by atoms with E-state index in [4.69, 9.17) is 0 Å². The number of rotatable bonds is 3. The second-order valence-corrected chi connectivity index (χ2v) is 7.32. The molecular weight excluding hydrogens is 300 g/mol. The second-order valence-electron chi connectivity index (χ2n) is 7.32. The Morgan fingerprint density at radius 1 is 1.33 bits per heavy atom. The first-order chi connectivity index (χ1) is 11.4. The molecule has 6 heteroatoms. The molecule has 1 aliphatic heterocycles. The van der Waals surface area contributed by atoms with Crippen LogP contribution in [-0.4, -0.2) is 34.6 Å². The third-order valence-electron chi connectivity index (χ3n) is 3.97. The maximum Gasteiger partial charge on any atom is 0.143 e. The third-order valence-corrected chi connectivity index (χ3v) is 3.97. The number of piperidine rings is 1. The van der Waals surface area contributed by atoms with E-state index in [1.165, 1.54) is 6.42 Å². The first-order valence-electron chi connectivity index (χ1n) is 8.41. The molecule has 1 fully saturated rings. The molecule has 3 N–H and O–H groups in total. The topological polar surface area (TPSA) is 85.7 Å². The number of hydrogen-bond donors (Lipinski definition) is 3. The van der Waals surface area contributed by atoms with Crippen LogP contribution in [0.25, 0.3) is 10.8 Å². The largest absolute Gasteiger partial charge is 0.366 e. The molecule has 0 amide bonds. The van der Waals surface area contributed by atoms with E-state index in [1.807, 2.05) is 12.3 Å². The highest BCUT2D eigenvalue weighted by molar-refractivity contribution is 5.94. The lowest BCUT2D eigenvalue weighted by Gasteiger charge is -2.25. The Balaban J connectivity index is 1.97. The third kappa shape index (κ3) is 3.92. The van der Waals surface area contributed by atoms with Gasteiger partial charge in [-0.25, -0.2) is 9.97 Å². The van der Waals surface area contributed by atoms with Gasteiger partial charge < -0.3 is 16.0 Å². The van der Waals surface area contributed by atoms with Crippen molar-refractivity contribution in [1.82, 2.24) is 15.3 Å². The summed E-state index contributed by atoms with van der Waals surface area (Å²) in [5, 5.41) is 21.4. The first-order valence-corrected chi connectivity index (χ1v) is 8.41. The van der Waals surface area contributed by atoms with Gasteiger partial charge in [-0.15, -0.1) is 0 Å². The SMILES string of the molecule is CC(C)(C)Nc1nc(C#N)cc2cnc(N[C@H]3CCCNC3)cc12. The fraction of sp³-hybridized carbons (Fsp3) is 0.500. The van der Waals surface area contributed by atoms with E-state index in [-0.39, 0.29) is 5.54 Å². The number of nitriles is 1. The van der Waals surface area contributed by atoms with Crippen molar-refractivity contribution in [2.45, 2.75) is 45.2 Å². The van der Waals surface area contributed by atoms with E-state index in [9.17, 15) is 5.26 Å². The summed E-state index contributed by atoms with van der Waals surface area (Å²) in [7, 11) is 0. The minimum Gasteiger partial charge on any atom is -0.366 e. The summed E-state index contributed by atoms with van der Waals surface area (Å²) in [6.07, 6.45) is 4.13. The monoisotopic (exact) mass is 324 g/mol. The number of hydrogen-bond acceptors (Lipinski definition) is 6. The van der Waals surface area contributed by atoms with Crippen LogP contribution in [-0.2, 0) is 0 Å². The summed E-state index contributed by atoms with van der Waals surface area (Å²) in [6, 6.07) is 6.32. The van der Waals surface area contributed by atoms with E-state index in [0.29, 0.717) is 11.7 Å². The van der Waals surface area contributed by atoms with Crippen LogP contribution in [0, 0.1) is 11.3 Å². The molecule has 2 aromatic heterocycles. The van der Waals surface area contributed by atoms with Gasteiger partial charge in [-0.2, -0.15) is 5.26 Å². The summed E-state index contributed by atoms with van der Waals surface area (Å²) in [5.41, 5.74) is 0.256.